The van der Waals surface area contributed by atoms with Gasteiger partial charge in [-0.15, -0.1) is 0 Å². The van der Waals surface area contributed by atoms with Crippen molar-refractivity contribution in [3.63, 3.8) is 0 Å². The zero-order valence-electron chi connectivity index (χ0n) is 19.6. The van der Waals surface area contributed by atoms with Crippen molar-refractivity contribution in [1.82, 2.24) is 0 Å². The van der Waals surface area contributed by atoms with Crippen LogP contribution in [0.25, 0.3) is 11.1 Å². The van der Waals surface area contributed by atoms with E-state index in [-0.39, 0.29) is 13.2 Å². The first-order chi connectivity index (χ1) is 15.6. The maximum Gasteiger partial charge on any atom is 0.327 e. The van der Waals surface area contributed by atoms with Gasteiger partial charge in [-0.05, 0) is 54.4 Å². The molecule has 1 unspecified atom stereocenters. The van der Waals surface area contributed by atoms with Gasteiger partial charge < -0.3 is 10.8 Å². The third kappa shape index (κ3) is 9.92. The lowest BCUT2D eigenvalue weighted by atomic mass is 9.94. The summed E-state index contributed by atoms with van der Waals surface area (Å²) in [5.74, 6) is 0. The van der Waals surface area contributed by atoms with Crippen molar-refractivity contribution in [2.24, 2.45) is 5.73 Å². The summed E-state index contributed by atoms with van der Waals surface area (Å²) in [6.45, 7) is 2.19. The Kier molecular flexibility index (Phi) is 12.7. The maximum absolute atomic E-state index is 10.4. The normalized spacial score (nSPS) is 13.3. The Morgan fingerprint density at radius 3 is 1.81 bits per heavy atom. The number of hydrogen-bond donors (Lipinski definition) is 2. The van der Waals surface area contributed by atoms with Crippen LogP contribution in [0.15, 0.2) is 48.5 Å². The van der Waals surface area contributed by atoms with Crippen molar-refractivity contribution in [3.05, 3.63) is 59.7 Å². The lowest BCUT2D eigenvalue weighted by Crippen LogP contribution is -2.47. The summed E-state index contributed by atoms with van der Waals surface area (Å²) in [5, 5.41) is 9.46. The van der Waals surface area contributed by atoms with Gasteiger partial charge in [-0.25, -0.2) is 4.57 Å². The summed E-state index contributed by atoms with van der Waals surface area (Å²) in [6, 6.07) is 17.8. The first kappa shape index (κ1) is 26.7. The highest BCUT2D eigenvalue weighted by Crippen LogP contribution is 2.22. The Morgan fingerprint density at radius 2 is 1.31 bits per heavy atom. The van der Waals surface area contributed by atoms with Gasteiger partial charge in [0.1, 0.15) is 0 Å². The molecule has 0 spiro atoms. The van der Waals surface area contributed by atoms with Crippen LogP contribution in [0.1, 0.15) is 75.8 Å². The predicted octanol–water partition coefficient (Wildman–Crippen LogP) is 6.88. The van der Waals surface area contributed by atoms with E-state index in [1.54, 1.807) is 0 Å². The molecule has 0 radical (unpaired) electrons. The van der Waals surface area contributed by atoms with Crippen molar-refractivity contribution in [2.45, 2.75) is 83.1 Å². The number of aryl methyl sites for hydroxylation is 2. The minimum absolute atomic E-state index is 0.0982. The van der Waals surface area contributed by atoms with E-state index in [1.165, 1.54) is 67.2 Å². The molecule has 2 aromatic rings. The largest absolute Gasteiger partial charge is 0.394 e. The number of benzene rings is 2. The topological polar surface area (TPSA) is 72.6 Å². The van der Waals surface area contributed by atoms with Gasteiger partial charge in [0.2, 0.25) is 0 Å². The lowest BCUT2D eigenvalue weighted by Gasteiger charge is -2.25. The van der Waals surface area contributed by atoms with Crippen molar-refractivity contribution in [1.29, 1.82) is 0 Å². The molecule has 0 bridgehead atoms. The minimum Gasteiger partial charge on any atom is -0.394 e. The van der Waals surface area contributed by atoms with Gasteiger partial charge >= 0.3 is 8.69 Å². The monoisotopic (exact) mass is 457 g/mol. The zero-order chi connectivity index (χ0) is 23.1. The van der Waals surface area contributed by atoms with E-state index < -0.39 is 14.2 Å². The van der Waals surface area contributed by atoms with E-state index in [4.69, 9.17) is 10.3 Å². The molecule has 5 heteroatoms. The molecule has 0 aliphatic carbocycles. The van der Waals surface area contributed by atoms with Crippen molar-refractivity contribution >= 4 is 8.69 Å². The minimum atomic E-state index is -0.817. The molecule has 0 aliphatic rings. The smallest absolute Gasteiger partial charge is 0.327 e. The summed E-state index contributed by atoms with van der Waals surface area (Å²) in [4.78, 5) is 0. The van der Waals surface area contributed by atoms with Gasteiger partial charge in [-0.2, -0.15) is 0 Å². The fourth-order valence-electron chi connectivity index (χ4n) is 4.00. The molecule has 2 rings (SSSR count). The Morgan fingerprint density at radius 1 is 0.812 bits per heavy atom. The quantitative estimate of drug-likeness (QED) is 0.201. The van der Waals surface area contributed by atoms with E-state index in [2.05, 4.69) is 55.5 Å². The van der Waals surface area contributed by atoms with Gasteiger partial charge in [-0.3, -0.25) is 4.52 Å². The van der Waals surface area contributed by atoms with E-state index >= 15 is 0 Å². The molecule has 3 N–H and O–H groups in total. The Labute approximate surface area is 195 Å². The van der Waals surface area contributed by atoms with Gasteiger partial charge in [0.25, 0.3) is 0 Å². The number of rotatable bonds is 17. The fourth-order valence-corrected chi connectivity index (χ4v) is 4.30. The molecule has 0 saturated heterocycles. The molecule has 4 nitrogen and oxygen atoms in total. The van der Waals surface area contributed by atoms with Crippen LogP contribution < -0.4 is 5.73 Å². The van der Waals surface area contributed by atoms with Crippen LogP contribution in [0, 0.1) is 0 Å². The second kappa shape index (κ2) is 15.3. The van der Waals surface area contributed by atoms with Crippen molar-refractivity contribution < 1.29 is 14.2 Å². The molecule has 0 heterocycles. The summed E-state index contributed by atoms with van der Waals surface area (Å²) < 4.78 is 15.3. The molecule has 0 aliphatic heterocycles. The third-order valence-electron chi connectivity index (χ3n) is 6.17. The second-order valence-corrected chi connectivity index (χ2v) is 9.39. The molecular formula is C27H40NO3P. The van der Waals surface area contributed by atoms with Crippen molar-refractivity contribution in [3.8, 4) is 11.1 Å². The van der Waals surface area contributed by atoms with Crippen LogP contribution >= 0.6 is 8.69 Å². The van der Waals surface area contributed by atoms with Crippen LogP contribution in [0.5, 0.6) is 0 Å². The number of aliphatic hydroxyl groups excluding tert-OH is 1. The molecule has 0 amide bonds. The lowest BCUT2D eigenvalue weighted by molar-refractivity contribution is 0.131. The highest BCUT2D eigenvalue weighted by Gasteiger charge is 2.24. The van der Waals surface area contributed by atoms with Gasteiger partial charge in [0.05, 0.1) is 18.8 Å². The standard InChI is InChI=1S/C27H40NO3P/c1-2-3-4-5-6-7-10-23-12-16-25(17-13-23)26-18-14-24(15-19-26)11-8-9-20-27(28,21-29)22-31-32-30/h12-19,29H,2-11,20-22,28H2,1H3. The first-order valence-corrected chi connectivity index (χ1v) is 12.9. The molecule has 32 heavy (non-hydrogen) atoms. The van der Waals surface area contributed by atoms with Crippen LogP contribution in [0.4, 0.5) is 0 Å². The molecular weight excluding hydrogens is 417 g/mol. The Balaban J connectivity index is 1.74. The summed E-state index contributed by atoms with van der Waals surface area (Å²) in [7, 11) is -0.397. The molecule has 0 saturated carbocycles. The zero-order valence-corrected chi connectivity index (χ0v) is 20.5. The summed E-state index contributed by atoms with van der Waals surface area (Å²) in [5.41, 5.74) is 10.5. The van der Waals surface area contributed by atoms with Crippen molar-refractivity contribution in [2.75, 3.05) is 13.2 Å². The molecule has 2 aromatic carbocycles. The summed E-state index contributed by atoms with van der Waals surface area (Å²) in [6.07, 6.45) is 12.7. The number of unbranched alkanes of at least 4 members (excludes halogenated alkanes) is 6. The highest BCUT2D eigenvalue weighted by atomic mass is 31.1. The van der Waals surface area contributed by atoms with E-state index in [0.29, 0.717) is 6.42 Å². The van der Waals surface area contributed by atoms with Crippen LogP contribution in [-0.2, 0) is 21.9 Å². The average molecular weight is 458 g/mol. The fraction of sp³-hybridized carbons (Fsp3) is 0.556. The second-order valence-electron chi connectivity index (χ2n) is 8.99. The van der Waals surface area contributed by atoms with E-state index in [1.807, 2.05) is 0 Å². The Hall–Kier alpha value is -1.58. The maximum atomic E-state index is 10.4. The van der Waals surface area contributed by atoms with E-state index in [0.717, 1.165) is 19.3 Å². The molecule has 176 valence electrons. The highest BCUT2D eigenvalue weighted by molar-refractivity contribution is 7.17. The summed E-state index contributed by atoms with van der Waals surface area (Å²) >= 11 is 0. The third-order valence-corrected chi connectivity index (χ3v) is 6.40. The van der Waals surface area contributed by atoms with Crippen LogP contribution in [0.3, 0.4) is 0 Å². The first-order valence-electron chi connectivity index (χ1n) is 12.1. The van der Waals surface area contributed by atoms with Gasteiger partial charge in [-0.1, -0.05) is 94.0 Å². The van der Waals surface area contributed by atoms with Gasteiger partial charge in [0.15, 0.2) is 0 Å². The van der Waals surface area contributed by atoms with Crippen LogP contribution in [0.2, 0.25) is 0 Å². The number of nitrogens with two attached hydrogens (primary N) is 1. The number of hydrogen-bond acceptors (Lipinski definition) is 4. The molecule has 0 fully saturated rings. The van der Waals surface area contributed by atoms with Crippen LogP contribution in [-0.4, -0.2) is 23.9 Å². The van der Waals surface area contributed by atoms with Gasteiger partial charge in [0, 0.05) is 0 Å². The number of aliphatic hydroxyl groups is 1. The molecule has 0 aromatic heterocycles. The van der Waals surface area contributed by atoms with E-state index in [9.17, 15) is 9.67 Å². The average Bonchev–Trinajstić information content (AvgIpc) is 2.83. The predicted molar refractivity (Wildman–Crippen MR) is 134 cm³/mol. The molecule has 1 atom stereocenters. The Bertz CT molecular complexity index is 763. The SMILES string of the molecule is CCCCCCCCc1ccc(-c2ccc(CCCCC(N)(CO)COP=O)cc2)cc1.